The molecule has 0 aliphatic heterocycles. The second-order valence-electron chi connectivity index (χ2n) is 6.09. The van der Waals surface area contributed by atoms with Crippen molar-refractivity contribution in [3.8, 4) is 11.3 Å². The van der Waals surface area contributed by atoms with Crippen molar-refractivity contribution in [3.05, 3.63) is 40.8 Å². The second-order valence-corrected chi connectivity index (χ2v) is 7.00. The molecule has 1 N–H and O–H groups in total. The number of amides is 1. The van der Waals surface area contributed by atoms with Crippen molar-refractivity contribution in [2.45, 2.75) is 32.9 Å². The molecule has 5 nitrogen and oxygen atoms in total. The second kappa shape index (κ2) is 6.52. The van der Waals surface area contributed by atoms with Crippen molar-refractivity contribution in [2.24, 2.45) is 0 Å². The molecule has 0 saturated carbocycles. The van der Waals surface area contributed by atoms with Crippen LogP contribution in [0.1, 0.15) is 26.6 Å². The number of halogens is 1. The van der Waals surface area contributed by atoms with Gasteiger partial charge >= 0.3 is 6.09 Å². The van der Waals surface area contributed by atoms with Gasteiger partial charge in [-0.3, -0.25) is 0 Å². The Bertz CT molecular complexity index is 644. The molecule has 0 radical (unpaired) electrons. The lowest BCUT2D eigenvalue weighted by molar-refractivity contribution is 0.0281. The summed E-state index contributed by atoms with van der Waals surface area (Å²) in [5.41, 5.74) is 1.46. The standard InChI is InChI=1S/C16H20BrN3O2/c1-16(2,3)22-15(21)20(4)10-14-18-9-13(19-14)11-5-7-12(17)8-6-11/h5-9H,10H2,1-4H3,(H,18,19). The fourth-order valence-corrected chi connectivity index (χ4v) is 2.11. The molecular weight excluding hydrogens is 346 g/mol. The van der Waals surface area contributed by atoms with Gasteiger partial charge in [0.05, 0.1) is 18.4 Å². The largest absolute Gasteiger partial charge is 0.444 e. The van der Waals surface area contributed by atoms with Gasteiger partial charge in [-0.2, -0.15) is 0 Å². The van der Waals surface area contributed by atoms with Crippen LogP contribution in [0.2, 0.25) is 0 Å². The van der Waals surface area contributed by atoms with E-state index in [1.807, 2.05) is 45.0 Å². The van der Waals surface area contributed by atoms with Gasteiger partial charge in [0.15, 0.2) is 0 Å². The fourth-order valence-electron chi connectivity index (χ4n) is 1.85. The number of aromatic nitrogens is 2. The number of ether oxygens (including phenoxy) is 1. The van der Waals surface area contributed by atoms with Gasteiger partial charge < -0.3 is 14.6 Å². The summed E-state index contributed by atoms with van der Waals surface area (Å²) in [6.07, 6.45) is 1.40. The van der Waals surface area contributed by atoms with E-state index in [-0.39, 0.29) is 6.09 Å². The number of carbonyl (C=O) groups is 1. The maximum atomic E-state index is 11.9. The number of nitrogens with zero attached hydrogens (tertiary/aromatic N) is 2. The van der Waals surface area contributed by atoms with E-state index in [4.69, 9.17) is 4.74 Å². The summed E-state index contributed by atoms with van der Waals surface area (Å²) in [7, 11) is 1.69. The highest BCUT2D eigenvalue weighted by atomic mass is 79.9. The number of aromatic amines is 1. The predicted molar refractivity (Wildman–Crippen MR) is 89.4 cm³/mol. The average molecular weight is 366 g/mol. The van der Waals surface area contributed by atoms with Crippen LogP contribution >= 0.6 is 15.9 Å². The third kappa shape index (κ3) is 4.59. The number of nitrogens with one attached hydrogen (secondary N) is 1. The predicted octanol–water partition coefficient (Wildman–Crippen LogP) is 4.21. The van der Waals surface area contributed by atoms with Crippen LogP contribution in [0.5, 0.6) is 0 Å². The van der Waals surface area contributed by atoms with E-state index in [2.05, 4.69) is 25.9 Å². The molecule has 0 saturated heterocycles. The average Bonchev–Trinajstić information content (AvgIpc) is 2.86. The number of hydrogen-bond donors (Lipinski definition) is 1. The molecule has 118 valence electrons. The summed E-state index contributed by atoms with van der Waals surface area (Å²) < 4.78 is 6.34. The van der Waals surface area contributed by atoms with E-state index < -0.39 is 5.60 Å². The fraction of sp³-hybridized carbons (Fsp3) is 0.375. The Hall–Kier alpha value is -1.82. The zero-order valence-corrected chi connectivity index (χ0v) is 14.8. The molecular formula is C16H20BrN3O2. The van der Waals surface area contributed by atoms with Crippen molar-refractivity contribution in [3.63, 3.8) is 0 Å². The van der Waals surface area contributed by atoms with Crippen LogP contribution in [0.25, 0.3) is 11.3 Å². The summed E-state index contributed by atoms with van der Waals surface area (Å²) in [5, 5.41) is 0. The molecule has 0 atom stereocenters. The molecule has 0 unspecified atom stereocenters. The molecule has 0 spiro atoms. The Morgan fingerprint density at radius 2 is 1.95 bits per heavy atom. The van der Waals surface area contributed by atoms with Crippen molar-refractivity contribution >= 4 is 22.0 Å². The number of rotatable bonds is 3. The molecule has 1 heterocycles. The molecule has 1 aromatic heterocycles. The topological polar surface area (TPSA) is 58.2 Å². The summed E-state index contributed by atoms with van der Waals surface area (Å²) in [6, 6.07) is 7.95. The summed E-state index contributed by atoms with van der Waals surface area (Å²) >= 11 is 3.41. The Kier molecular flexibility index (Phi) is 4.90. The van der Waals surface area contributed by atoms with Gasteiger partial charge in [0.2, 0.25) is 0 Å². The number of H-pyrrole nitrogens is 1. The summed E-state index contributed by atoms with van der Waals surface area (Å²) in [4.78, 5) is 21.0. The molecule has 0 fully saturated rings. The molecule has 6 heteroatoms. The first kappa shape index (κ1) is 16.5. The van der Waals surface area contributed by atoms with Crippen molar-refractivity contribution < 1.29 is 9.53 Å². The molecule has 0 aliphatic rings. The highest BCUT2D eigenvalue weighted by molar-refractivity contribution is 9.10. The van der Waals surface area contributed by atoms with Gasteiger partial charge in [0.1, 0.15) is 11.4 Å². The third-order valence-electron chi connectivity index (χ3n) is 2.88. The van der Waals surface area contributed by atoms with Crippen LogP contribution in [0, 0.1) is 0 Å². The minimum Gasteiger partial charge on any atom is -0.444 e. The number of carbonyl (C=O) groups excluding carboxylic acids is 1. The van der Waals surface area contributed by atoms with E-state index in [9.17, 15) is 4.79 Å². The molecule has 0 aliphatic carbocycles. The van der Waals surface area contributed by atoms with Crippen LogP contribution in [0.15, 0.2) is 34.9 Å². The van der Waals surface area contributed by atoms with E-state index in [1.165, 1.54) is 4.90 Å². The van der Waals surface area contributed by atoms with Gasteiger partial charge in [-0.15, -0.1) is 0 Å². The normalized spacial score (nSPS) is 11.3. The van der Waals surface area contributed by atoms with E-state index >= 15 is 0 Å². The number of imidazole rings is 1. The van der Waals surface area contributed by atoms with Crippen LogP contribution in [-0.2, 0) is 11.3 Å². The third-order valence-corrected chi connectivity index (χ3v) is 3.40. The lowest BCUT2D eigenvalue weighted by Gasteiger charge is -2.24. The zero-order chi connectivity index (χ0) is 16.3. The highest BCUT2D eigenvalue weighted by Crippen LogP contribution is 2.20. The van der Waals surface area contributed by atoms with Gasteiger partial charge in [-0.05, 0) is 38.5 Å². The molecule has 1 amide bonds. The number of hydrogen-bond acceptors (Lipinski definition) is 3. The maximum absolute atomic E-state index is 11.9. The lowest BCUT2D eigenvalue weighted by Crippen LogP contribution is -2.34. The van der Waals surface area contributed by atoms with Crippen LogP contribution in [0.3, 0.4) is 0 Å². The van der Waals surface area contributed by atoms with Gasteiger partial charge in [-0.1, -0.05) is 28.1 Å². The number of benzene rings is 1. The van der Waals surface area contributed by atoms with Gasteiger partial charge in [-0.25, -0.2) is 9.78 Å². The van der Waals surface area contributed by atoms with Crippen molar-refractivity contribution in [1.29, 1.82) is 0 Å². The van der Waals surface area contributed by atoms with Gasteiger partial charge in [0.25, 0.3) is 0 Å². The first-order valence-electron chi connectivity index (χ1n) is 6.98. The lowest BCUT2D eigenvalue weighted by atomic mass is 10.2. The molecule has 2 rings (SSSR count). The molecule has 2 aromatic rings. The summed E-state index contributed by atoms with van der Waals surface area (Å²) in [6.45, 7) is 5.90. The Morgan fingerprint density at radius 3 is 2.55 bits per heavy atom. The Labute approximate surface area is 138 Å². The first-order chi connectivity index (χ1) is 10.2. The summed E-state index contributed by atoms with van der Waals surface area (Å²) in [5.74, 6) is 0.714. The van der Waals surface area contributed by atoms with Crippen LogP contribution in [-0.4, -0.2) is 33.6 Å². The maximum Gasteiger partial charge on any atom is 0.410 e. The van der Waals surface area contributed by atoms with Crippen LogP contribution < -0.4 is 0 Å². The van der Waals surface area contributed by atoms with E-state index in [0.717, 1.165) is 15.7 Å². The smallest absolute Gasteiger partial charge is 0.410 e. The first-order valence-corrected chi connectivity index (χ1v) is 7.78. The minimum atomic E-state index is -0.503. The zero-order valence-electron chi connectivity index (χ0n) is 13.2. The monoisotopic (exact) mass is 365 g/mol. The van der Waals surface area contributed by atoms with Gasteiger partial charge in [0, 0.05) is 11.5 Å². The van der Waals surface area contributed by atoms with E-state index in [0.29, 0.717) is 12.4 Å². The molecule has 0 bridgehead atoms. The minimum absolute atomic E-state index is 0.367. The highest BCUT2D eigenvalue weighted by Gasteiger charge is 2.20. The van der Waals surface area contributed by atoms with E-state index in [1.54, 1.807) is 13.2 Å². The quantitative estimate of drug-likeness (QED) is 0.886. The van der Waals surface area contributed by atoms with Crippen LogP contribution in [0.4, 0.5) is 4.79 Å². The molecule has 22 heavy (non-hydrogen) atoms. The van der Waals surface area contributed by atoms with Crippen molar-refractivity contribution in [2.75, 3.05) is 7.05 Å². The molecule has 1 aromatic carbocycles. The Balaban J connectivity index is 2.03. The Morgan fingerprint density at radius 1 is 1.32 bits per heavy atom. The van der Waals surface area contributed by atoms with Crippen molar-refractivity contribution in [1.82, 2.24) is 14.9 Å². The SMILES string of the molecule is CN(Cc1ncc(-c2ccc(Br)cc2)[nH]1)C(=O)OC(C)(C)C.